The molecular weight excluding hydrogens is 305 g/mol. The first-order chi connectivity index (χ1) is 9.02. The smallest absolute Gasteiger partial charge is 0.220 e. The van der Waals surface area contributed by atoms with Gasteiger partial charge in [-0.15, -0.1) is 0 Å². The number of unbranched alkanes of at least 4 members (excludes halogenated alkanes) is 3. The zero-order valence-corrected chi connectivity index (χ0v) is 13.9. The molecule has 0 aromatic heterocycles. The van der Waals surface area contributed by atoms with Crippen molar-refractivity contribution in [3.63, 3.8) is 0 Å². The minimum absolute atomic E-state index is 0.113. The molecule has 5 nitrogen and oxygen atoms in total. The third-order valence-corrected chi connectivity index (χ3v) is 4.62. The third kappa shape index (κ3) is 13.1. The lowest BCUT2D eigenvalue weighted by Gasteiger charge is -2.12. The second kappa shape index (κ2) is 12.1. The second-order valence-corrected chi connectivity index (χ2v) is 8.63. The van der Waals surface area contributed by atoms with Crippen LogP contribution in [0.5, 0.6) is 0 Å². The fraction of sp³-hybridized carbons (Fsp3) is 0.909. The first-order valence-corrected chi connectivity index (χ1v) is 10.6. The lowest BCUT2D eigenvalue weighted by molar-refractivity contribution is -0.120. The Hall–Kier alpha value is 0.350. The number of aliphatic hydroxyl groups is 1. The summed E-state index contributed by atoms with van der Waals surface area (Å²) in [5.74, 6) is 0.975. The minimum Gasteiger partial charge on any atom is -0.386 e. The largest absolute Gasteiger partial charge is 0.386 e. The number of nitrogens with one attached hydrogen (secondary N) is 1. The zero-order valence-electron chi connectivity index (χ0n) is 11.3. The van der Waals surface area contributed by atoms with Crippen LogP contribution < -0.4 is 5.32 Å². The summed E-state index contributed by atoms with van der Waals surface area (Å²) < 4.78 is 5.03. The zero-order chi connectivity index (χ0) is 14.6. The SMILES string of the molecule is CSCCC(=O)NCCCCCCOP(O)(=S)CO. The highest BCUT2D eigenvalue weighted by Gasteiger charge is 2.10. The van der Waals surface area contributed by atoms with Crippen LogP contribution in [0.15, 0.2) is 0 Å². The second-order valence-electron chi connectivity index (χ2n) is 4.12. The van der Waals surface area contributed by atoms with E-state index >= 15 is 0 Å². The van der Waals surface area contributed by atoms with Crippen molar-refractivity contribution in [2.75, 3.05) is 31.5 Å². The molecular formula is C11H24NO4PS2. The van der Waals surface area contributed by atoms with Crippen LogP contribution in [0.4, 0.5) is 0 Å². The van der Waals surface area contributed by atoms with Gasteiger partial charge in [0.1, 0.15) is 6.35 Å². The Labute approximate surface area is 124 Å². The van der Waals surface area contributed by atoms with Crippen LogP contribution in [0.25, 0.3) is 0 Å². The average Bonchev–Trinajstić information content (AvgIpc) is 2.39. The van der Waals surface area contributed by atoms with Crippen molar-refractivity contribution in [1.82, 2.24) is 5.32 Å². The summed E-state index contributed by atoms with van der Waals surface area (Å²) in [4.78, 5) is 20.6. The van der Waals surface area contributed by atoms with Crippen LogP contribution in [-0.2, 0) is 21.1 Å². The van der Waals surface area contributed by atoms with E-state index in [1.54, 1.807) is 11.8 Å². The highest BCUT2D eigenvalue weighted by Crippen LogP contribution is 2.40. The normalized spacial score (nSPS) is 14.1. The molecule has 0 saturated carbocycles. The quantitative estimate of drug-likeness (QED) is 0.373. The maximum Gasteiger partial charge on any atom is 0.220 e. The maximum atomic E-state index is 11.3. The minimum atomic E-state index is -2.93. The van der Waals surface area contributed by atoms with Gasteiger partial charge in [0, 0.05) is 18.7 Å². The number of aliphatic hydroxyl groups excluding tert-OH is 1. The number of carbonyl (C=O) groups excluding carboxylic acids is 1. The number of hydrogen-bond acceptors (Lipinski definition) is 5. The van der Waals surface area contributed by atoms with Gasteiger partial charge in [-0.1, -0.05) is 12.8 Å². The summed E-state index contributed by atoms with van der Waals surface area (Å²) >= 11 is 6.34. The summed E-state index contributed by atoms with van der Waals surface area (Å²) in [6.45, 7) is -1.83. The van der Waals surface area contributed by atoms with Gasteiger partial charge in [0.15, 0.2) is 0 Å². The molecule has 0 saturated heterocycles. The summed E-state index contributed by atoms with van der Waals surface area (Å²) in [5, 5.41) is 11.6. The topological polar surface area (TPSA) is 78.8 Å². The summed E-state index contributed by atoms with van der Waals surface area (Å²) in [6, 6.07) is 0. The van der Waals surface area contributed by atoms with Crippen LogP contribution in [0, 0.1) is 0 Å². The molecule has 0 bridgehead atoms. The average molecular weight is 329 g/mol. The molecule has 0 aliphatic heterocycles. The molecule has 1 unspecified atom stereocenters. The van der Waals surface area contributed by atoms with E-state index in [2.05, 4.69) is 17.1 Å². The van der Waals surface area contributed by atoms with E-state index in [1.807, 2.05) is 6.26 Å². The van der Waals surface area contributed by atoms with Crippen molar-refractivity contribution in [3.05, 3.63) is 0 Å². The van der Waals surface area contributed by atoms with Gasteiger partial charge in [0.2, 0.25) is 12.4 Å². The van der Waals surface area contributed by atoms with Crippen molar-refractivity contribution in [2.24, 2.45) is 0 Å². The van der Waals surface area contributed by atoms with Crippen molar-refractivity contribution in [2.45, 2.75) is 32.1 Å². The molecule has 114 valence electrons. The van der Waals surface area contributed by atoms with Gasteiger partial charge in [-0.05, 0) is 30.9 Å². The van der Waals surface area contributed by atoms with Gasteiger partial charge in [-0.3, -0.25) is 4.79 Å². The van der Waals surface area contributed by atoms with Crippen LogP contribution in [0.1, 0.15) is 32.1 Å². The highest BCUT2D eigenvalue weighted by atomic mass is 32.5. The third-order valence-electron chi connectivity index (χ3n) is 2.40. The molecule has 0 aliphatic carbocycles. The molecule has 0 radical (unpaired) electrons. The van der Waals surface area contributed by atoms with Crippen molar-refractivity contribution in [3.8, 4) is 0 Å². The molecule has 19 heavy (non-hydrogen) atoms. The molecule has 0 aliphatic rings. The van der Waals surface area contributed by atoms with E-state index in [9.17, 15) is 9.69 Å². The molecule has 0 rings (SSSR count). The first kappa shape index (κ1) is 19.4. The Balaban J connectivity index is 3.28. The molecule has 1 atom stereocenters. The Morgan fingerprint density at radius 2 is 2.05 bits per heavy atom. The molecule has 1 amide bonds. The van der Waals surface area contributed by atoms with Gasteiger partial charge in [-0.25, -0.2) is 0 Å². The van der Waals surface area contributed by atoms with Gasteiger partial charge in [0.25, 0.3) is 0 Å². The predicted octanol–water partition coefficient (Wildman–Crippen LogP) is 1.68. The number of carbonyl (C=O) groups is 1. The van der Waals surface area contributed by atoms with E-state index in [0.717, 1.165) is 31.4 Å². The fourth-order valence-corrected chi connectivity index (χ4v) is 2.45. The van der Waals surface area contributed by atoms with Crippen LogP contribution >= 0.6 is 18.3 Å². The lowest BCUT2D eigenvalue weighted by Crippen LogP contribution is -2.24. The van der Waals surface area contributed by atoms with Crippen molar-refractivity contribution < 1.29 is 19.3 Å². The standard InChI is InChI=1S/C11H24NO4PS2/c1-19-9-6-11(14)12-7-4-2-3-5-8-16-17(15,18)10-13/h13H,2-10H2,1H3,(H,12,14)(H,15,18). The molecule has 8 heteroatoms. The highest BCUT2D eigenvalue weighted by molar-refractivity contribution is 8.09. The number of hydrogen-bond donors (Lipinski definition) is 3. The van der Waals surface area contributed by atoms with E-state index in [-0.39, 0.29) is 5.91 Å². The Kier molecular flexibility index (Phi) is 12.3. The number of thioether (sulfide) groups is 1. The maximum absolute atomic E-state index is 11.3. The molecule has 0 aromatic carbocycles. The molecule has 0 spiro atoms. The van der Waals surface area contributed by atoms with Gasteiger partial charge < -0.3 is 19.8 Å². The Morgan fingerprint density at radius 3 is 2.68 bits per heavy atom. The van der Waals surface area contributed by atoms with Gasteiger partial charge in [-0.2, -0.15) is 11.8 Å². The summed E-state index contributed by atoms with van der Waals surface area (Å²) in [7, 11) is 0. The molecule has 0 aromatic rings. The van der Waals surface area contributed by atoms with Gasteiger partial charge >= 0.3 is 0 Å². The summed E-state index contributed by atoms with van der Waals surface area (Å²) in [6.07, 6.45) is 5.80. The van der Waals surface area contributed by atoms with Crippen LogP contribution in [0.3, 0.4) is 0 Å². The fourth-order valence-electron chi connectivity index (χ4n) is 1.34. The van der Waals surface area contributed by atoms with Crippen molar-refractivity contribution in [1.29, 1.82) is 0 Å². The van der Waals surface area contributed by atoms with Gasteiger partial charge in [0.05, 0.1) is 6.61 Å². The number of amides is 1. The van der Waals surface area contributed by atoms with E-state index < -0.39 is 12.8 Å². The predicted molar refractivity (Wildman–Crippen MR) is 84.0 cm³/mol. The Morgan fingerprint density at radius 1 is 1.37 bits per heavy atom. The Bertz CT molecular complexity index is 292. The molecule has 0 fully saturated rings. The number of rotatable bonds is 12. The van der Waals surface area contributed by atoms with E-state index in [0.29, 0.717) is 19.6 Å². The lowest BCUT2D eigenvalue weighted by atomic mass is 10.2. The van der Waals surface area contributed by atoms with E-state index in [4.69, 9.17) is 9.63 Å². The molecule has 3 N–H and O–H groups in total. The monoisotopic (exact) mass is 329 g/mol. The molecule has 0 heterocycles. The van der Waals surface area contributed by atoms with Crippen LogP contribution in [0.2, 0.25) is 0 Å². The first-order valence-electron chi connectivity index (χ1n) is 6.34. The van der Waals surface area contributed by atoms with Crippen molar-refractivity contribution >= 4 is 36.0 Å². The van der Waals surface area contributed by atoms with Crippen LogP contribution in [-0.4, -0.2) is 47.4 Å². The van der Waals surface area contributed by atoms with E-state index in [1.165, 1.54) is 0 Å². The summed E-state index contributed by atoms with van der Waals surface area (Å²) in [5.41, 5.74) is 0.